The molecule has 0 saturated heterocycles. The highest BCUT2D eigenvalue weighted by Gasteiger charge is 2.11. The smallest absolute Gasteiger partial charge is 0.255 e. The van der Waals surface area contributed by atoms with Gasteiger partial charge < -0.3 is 21.7 Å². The number of carbonyl (C=O) groups excluding carboxylic acids is 2. The molecular formula is C56H50N7O2+3. The van der Waals surface area contributed by atoms with Gasteiger partial charge in [0.1, 0.15) is 14.1 Å². The number of aryl methyl sites for hydroxylation is 3. The first-order valence-corrected chi connectivity index (χ1v) is 20.8. The van der Waals surface area contributed by atoms with Crippen LogP contribution in [0.2, 0.25) is 0 Å². The van der Waals surface area contributed by atoms with Gasteiger partial charge in [-0.2, -0.15) is 0 Å². The molecule has 3 aromatic heterocycles. The minimum absolute atomic E-state index is 0.119. The summed E-state index contributed by atoms with van der Waals surface area (Å²) < 4.78 is 4.01. The van der Waals surface area contributed by atoms with E-state index in [0.717, 1.165) is 57.6 Å². The molecular weight excluding hydrogens is 803 g/mol. The monoisotopic (exact) mass is 852 g/mol. The minimum atomic E-state index is -0.124. The zero-order valence-corrected chi connectivity index (χ0v) is 36.6. The number of benzene rings is 5. The van der Waals surface area contributed by atoms with Gasteiger partial charge in [-0.1, -0.05) is 30.3 Å². The fraction of sp³-hybridized carbons (Fsp3) is 0.0893. The van der Waals surface area contributed by atoms with Gasteiger partial charge in [-0.15, -0.1) is 12.8 Å². The average Bonchev–Trinajstić information content (AvgIpc) is 3.32. The average molecular weight is 853 g/mol. The number of amides is 2. The Bertz CT molecular complexity index is 3030. The van der Waals surface area contributed by atoms with Crippen molar-refractivity contribution in [1.29, 1.82) is 0 Å². The highest BCUT2D eigenvalue weighted by atomic mass is 16.2. The van der Waals surface area contributed by atoms with Crippen LogP contribution in [0.15, 0.2) is 177 Å². The number of nitrogens with zero attached hydrogens (tertiary/aromatic N) is 2. The molecule has 318 valence electrons. The van der Waals surface area contributed by atoms with Gasteiger partial charge in [0.15, 0.2) is 31.0 Å². The fourth-order valence-corrected chi connectivity index (χ4v) is 6.68. The van der Waals surface area contributed by atoms with Crippen LogP contribution in [0.3, 0.4) is 0 Å². The molecule has 8 rings (SSSR count). The summed E-state index contributed by atoms with van der Waals surface area (Å²) in [5, 5.41) is 10.5. The van der Waals surface area contributed by atoms with Crippen molar-refractivity contribution in [2.75, 3.05) is 21.7 Å². The summed E-state index contributed by atoms with van der Waals surface area (Å²) in [5.74, 6) is 8.37. The number of aromatic nitrogens is 3. The van der Waals surface area contributed by atoms with Crippen molar-refractivity contribution >= 4 is 51.2 Å². The van der Waals surface area contributed by atoms with Gasteiger partial charge in [0.2, 0.25) is 5.52 Å². The first-order chi connectivity index (χ1) is 31.5. The standard InChI is InChI=1S/C30H26N4O.C20H19N3O.C6H2/c1-21-6-11-27-28(12-15-31-29(27)18-21)32-25-7-9-26(10-8-25)33-30(35)24-5-3-4-23(20-24)19-22-13-16-34(2)17-14-22;1-23-11-9-15(10-12-23)13-16-3-2-4-17(14-16)20(24)22-19-7-5-18(21)6-8-19;1-3-5-6-4-2/h3-18,20H,19H2,1-2H3,(H-,31,32,33,35);2-12,14H,13,21H2,1H3;1-2H/p+3. The number of aromatic amines is 1. The van der Waals surface area contributed by atoms with Crippen LogP contribution in [0.1, 0.15) is 48.5 Å². The third kappa shape index (κ3) is 14.0. The number of nitrogens with one attached hydrogen (secondary N) is 4. The molecule has 5 aromatic carbocycles. The van der Waals surface area contributed by atoms with Gasteiger partial charge in [-0.05, 0) is 150 Å². The number of carbonyl (C=O) groups is 2. The lowest BCUT2D eigenvalue weighted by atomic mass is 10.0. The summed E-state index contributed by atoms with van der Waals surface area (Å²) in [6, 6.07) is 47.1. The van der Waals surface area contributed by atoms with E-state index >= 15 is 0 Å². The predicted octanol–water partition coefficient (Wildman–Crippen LogP) is 8.57. The number of terminal acetylenes is 2. The second-order valence-corrected chi connectivity index (χ2v) is 15.2. The summed E-state index contributed by atoms with van der Waals surface area (Å²) >= 11 is 0. The van der Waals surface area contributed by atoms with Crippen molar-refractivity contribution in [1.82, 2.24) is 0 Å². The zero-order valence-electron chi connectivity index (χ0n) is 36.6. The van der Waals surface area contributed by atoms with Crippen LogP contribution < -0.4 is 35.8 Å². The molecule has 0 bridgehead atoms. The van der Waals surface area contributed by atoms with Crippen molar-refractivity contribution < 1.29 is 23.7 Å². The minimum Gasteiger partial charge on any atom is -0.399 e. The summed E-state index contributed by atoms with van der Waals surface area (Å²) in [4.78, 5) is 28.6. The van der Waals surface area contributed by atoms with Crippen molar-refractivity contribution in [3.63, 3.8) is 0 Å². The molecule has 0 saturated carbocycles. The van der Waals surface area contributed by atoms with E-state index in [1.54, 1.807) is 24.3 Å². The lowest BCUT2D eigenvalue weighted by Gasteiger charge is -2.10. The quantitative estimate of drug-likeness (QED) is 0.0627. The summed E-state index contributed by atoms with van der Waals surface area (Å²) in [6.45, 7) is 2.08. The van der Waals surface area contributed by atoms with Crippen molar-refractivity contribution in [2.24, 2.45) is 14.1 Å². The Hall–Kier alpha value is -8.97. The third-order valence-corrected chi connectivity index (χ3v) is 10.0. The Morgan fingerprint density at radius 2 is 1.06 bits per heavy atom. The summed E-state index contributed by atoms with van der Waals surface area (Å²) in [5.41, 5.74) is 18.0. The van der Waals surface area contributed by atoms with Crippen molar-refractivity contribution in [2.45, 2.75) is 19.8 Å². The molecule has 3 heterocycles. The van der Waals surface area contributed by atoms with E-state index in [-0.39, 0.29) is 11.8 Å². The summed E-state index contributed by atoms with van der Waals surface area (Å²) in [7, 11) is 3.99. The van der Waals surface area contributed by atoms with E-state index < -0.39 is 0 Å². The van der Waals surface area contributed by atoms with Crippen LogP contribution in [0.4, 0.5) is 28.4 Å². The molecule has 0 radical (unpaired) electrons. The van der Waals surface area contributed by atoms with E-state index in [1.165, 1.54) is 16.7 Å². The molecule has 0 unspecified atom stereocenters. The maximum atomic E-state index is 12.9. The van der Waals surface area contributed by atoms with E-state index in [1.807, 2.05) is 127 Å². The number of anilines is 5. The Morgan fingerprint density at radius 3 is 1.55 bits per heavy atom. The third-order valence-electron chi connectivity index (χ3n) is 10.0. The topological polar surface area (TPSA) is 118 Å². The molecule has 65 heavy (non-hydrogen) atoms. The second-order valence-electron chi connectivity index (χ2n) is 15.2. The zero-order chi connectivity index (χ0) is 46.0. The molecule has 9 heteroatoms. The number of fused-ring (bicyclic) bond motifs is 1. The van der Waals surface area contributed by atoms with Crippen LogP contribution in [0, 0.1) is 43.5 Å². The normalized spacial score (nSPS) is 9.92. The highest BCUT2D eigenvalue weighted by Crippen LogP contribution is 2.26. The van der Waals surface area contributed by atoms with Crippen LogP contribution in [-0.4, -0.2) is 11.8 Å². The molecule has 0 spiro atoms. The number of hydrogen-bond acceptors (Lipinski definition) is 4. The SMILES string of the molecule is C#CC#CC#C.C[n+]1ccc(Cc2cccc(C(=O)Nc3ccc(N)cc3)c2)cc1.Cc1ccc2c(Nc3ccc(NC(=O)c4cccc(Cc5cc[n+](C)cc5)c4)cc3)cc[nH+]c2c1. The molecule has 0 aliphatic heterocycles. The van der Waals surface area contributed by atoms with Gasteiger partial charge >= 0.3 is 0 Å². The number of nitrogens with two attached hydrogens (primary N) is 1. The number of H-pyrrole nitrogens is 1. The maximum Gasteiger partial charge on any atom is 0.255 e. The van der Waals surface area contributed by atoms with Gasteiger partial charge in [0.05, 0.1) is 11.1 Å². The van der Waals surface area contributed by atoms with Gasteiger partial charge in [0.25, 0.3) is 11.8 Å². The molecule has 0 atom stereocenters. The first kappa shape index (κ1) is 45.6. The highest BCUT2D eigenvalue weighted by molar-refractivity contribution is 6.05. The Morgan fingerprint density at radius 1 is 0.585 bits per heavy atom. The number of hydrogen-bond donors (Lipinski definition) is 4. The van der Waals surface area contributed by atoms with Crippen LogP contribution >= 0.6 is 0 Å². The van der Waals surface area contributed by atoms with E-state index in [2.05, 4.69) is 100 Å². The van der Waals surface area contributed by atoms with Gasteiger partial charge in [-0.25, -0.2) is 14.1 Å². The Labute approximate surface area is 381 Å². The Kier molecular flexibility index (Phi) is 15.9. The molecule has 2 amide bonds. The van der Waals surface area contributed by atoms with E-state index in [0.29, 0.717) is 16.8 Å². The molecule has 6 N–H and O–H groups in total. The van der Waals surface area contributed by atoms with E-state index in [4.69, 9.17) is 18.6 Å². The van der Waals surface area contributed by atoms with Gasteiger partial charge in [0, 0.05) is 70.3 Å². The largest absolute Gasteiger partial charge is 0.399 e. The van der Waals surface area contributed by atoms with Gasteiger partial charge in [-0.3, -0.25) is 9.59 Å². The summed E-state index contributed by atoms with van der Waals surface area (Å²) in [6.07, 6.45) is 21.0. The van der Waals surface area contributed by atoms with E-state index in [9.17, 15) is 9.59 Å². The fourth-order valence-electron chi connectivity index (χ4n) is 6.68. The van der Waals surface area contributed by atoms with Crippen molar-refractivity contribution in [3.8, 4) is 36.5 Å². The number of rotatable bonds is 10. The first-order valence-electron chi connectivity index (χ1n) is 20.8. The molecule has 0 aliphatic carbocycles. The van der Waals surface area contributed by atoms with Crippen molar-refractivity contribution in [3.05, 3.63) is 216 Å². The molecule has 0 aliphatic rings. The maximum absolute atomic E-state index is 12.9. The van der Waals surface area contributed by atoms with Crippen LogP contribution in [-0.2, 0) is 26.9 Å². The predicted molar refractivity (Wildman–Crippen MR) is 261 cm³/mol. The lowest BCUT2D eigenvalue weighted by Crippen LogP contribution is -2.25. The lowest BCUT2D eigenvalue weighted by molar-refractivity contribution is -0.671. The number of pyridine rings is 3. The second kappa shape index (κ2) is 22.8. The van der Waals surface area contributed by atoms with Crippen LogP contribution in [0.5, 0.6) is 0 Å². The van der Waals surface area contributed by atoms with Crippen LogP contribution in [0.25, 0.3) is 10.9 Å². The molecule has 9 nitrogen and oxygen atoms in total. The molecule has 8 aromatic rings. The number of nitrogen functional groups attached to an aromatic ring is 1. The molecule has 0 fully saturated rings. The Balaban J connectivity index is 0.000000202.